The van der Waals surface area contributed by atoms with E-state index in [1.54, 1.807) is 0 Å². The van der Waals surface area contributed by atoms with Crippen molar-refractivity contribution < 1.29 is 4.79 Å². The molecule has 0 rings (SSSR count). The number of carbonyl (C=O) groups excluding carboxylic acids is 1. The predicted octanol–water partition coefficient (Wildman–Crippen LogP) is 0.619. The van der Waals surface area contributed by atoms with Gasteiger partial charge >= 0.3 is 0 Å². The normalized spacial score (nSPS) is 11.4. The molecular weight excluding hydrogens is 204 g/mol. The molecule has 0 amide bonds. The van der Waals surface area contributed by atoms with E-state index in [9.17, 15) is 4.79 Å². The molecule has 6 N–H and O–H groups in total. The molecular formula is C11H26N4O. The van der Waals surface area contributed by atoms with Crippen LogP contribution in [0.25, 0.3) is 0 Å². The number of hydrogen-bond acceptors (Lipinski definition) is 3. The van der Waals surface area contributed by atoms with Crippen LogP contribution in [0.1, 0.15) is 40.5 Å². The third kappa shape index (κ3) is 9.45. The maximum absolute atomic E-state index is 11.4. The molecule has 0 aliphatic rings. The lowest BCUT2D eigenvalue weighted by Gasteiger charge is -2.11. The van der Waals surface area contributed by atoms with Gasteiger partial charge in [0.15, 0.2) is 11.7 Å². The van der Waals surface area contributed by atoms with E-state index >= 15 is 0 Å². The largest absolute Gasteiger partial charge is 0.370 e. The Labute approximate surface area is 98.5 Å². The Morgan fingerprint density at radius 3 is 2.12 bits per heavy atom. The first-order valence-corrected chi connectivity index (χ1v) is 5.79. The molecule has 5 nitrogen and oxygen atoms in total. The van der Waals surface area contributed by atoms with Crippen molar-refractivity contribution in [2.45, 2.75) is 46.6 Å². The molecule has 0 aromatic heterocycles. The SMILES string of the molecule is CC.CC(C)C(=O)C(N)CCCN=C(N)N. The molecule has 96 valence electrons. The number of nitrogens with two attached hydrogens (primary N) is 3. The zero-order valence-corrected chi connectivity index (χ0v) is 10.9. The quantitative estimate of drug-likeness (QED) is 0.353. The number of carbonyl (C=O) groups is 1. The Balaban J connectivity index is 0. The third-order valence-electron chi connectivity index (χ3n) is 1.90. The highest BCUT2D eigenvalue weighted by atomic mass is 16.1. The van der Waals surface area contributed by atoms with Crippen molar-refractivity contribution in [1.29, 1.82) is 0 Å². The molecule has 0 saturated heterocycles. The lowest BCUT2D eigenvalue weighted by atomic mass is 9.99. The molecule has 1 atom stereocenters. The van der Waals surface area contributed by atoms with Crippen molar-refractivity contribution >= 4 is 11.7 Å². The van der Waals surface area contributed by atoms with Gasteiger partial charge in [-0.25, -0.2) is 0 Å². The van der Waals surface area contributed by atoms with Crippen LogP contribution in [0.4, 0.5) is 0 Å². The number of hydrogen-bond donors (Lipinski definition) is 3. The maximum atomic E-state index is 11.4. The van der Waals surface area contributed by atoms with Crippen LogP contribution in [0.15, 0.2) is 4.99 Å². The van der Waals surface area contributed by atoms with Gasteiger partial charge in [-0.2, -0.15) is 0 Å². The monoisotopic (exact) mass is 230 g/mol. The molecule has 1 unspecified atom stereocenters. The van der Waals surface area contributed by atoms with Gasteiger partial charge in [0.25, 0.3) is 0 Å². The second-order valence-corrected chi connectivity index (χ2v) is 3.61. The summed E-state index contributed by atoms with van der Waals surface area (Å²) in [6, 6.07) is -0.385. The molecule has 0 aromatic rings. The molecule has 0 spiro atoms. The summed E-state index contributed by atoms with van der Waals surface area (Å²) in [5, 5.41) is 0. The topological polar surface area (TPSA) is 107 Å². The minimum Gasteiger partial charge on any atom is -0.370 e. The fourth-order valence-electron chi connectivity index (χ4n) is 1.09. The summed E-state index contributed by atoms with van der Waals surface area (Å²) < 4.78 is 0. The minimum absolute atomic E-state index is 0.00641. The summed E-state index contributed by atoms with van der Waals surface area (Å²) in [7, 11) is 0. The van der Waals surface area contributed by atoms with Gasteiger partial charge in [0.2, 0.25) is 0 Å². The van der Waals surface area contributed by atoms with Crippen LogP contribution < -0.4 is 17.2 Å². The molecule has 5 heteroatoms. The van der Waals surface area contributed by atoms with Crippen molar-refractivity contribution in [2.24, 2.45) is 28.1 Å². The van der Waals surface area contributed by atoms with Crippen LogP contribution in [0.5, 0.6) is 0 Å². The molecule has 0 bridgehead atoms. The Bertz CT molecular complexity index is 210. The fraction of sp³-hybridized carbons (Fsp3) is 0.818. The number of ketones is 1. The number of nitrogens with zero attached hydrogens (tertiary/aromatic N) is 1. The lowest BCUT2D eigenvalue weighted by molar-refractivity contribution is -0.123. The number of rotatable bonds is 6. The Morgan fingerprint density at radius 1 is 1.25 bits per heavy atom. The number of guanidine groups is 1. The van der Waals surface area contributed by atoms with Gasteiger partial charge in [-0.15, -0.1) is 0 Å². The Hall–Kier alpha value is -1.10. The first-order valence-electron chi connectivity index (χ1n) is 5.79. The predicted molar refractivity (Wildman–Crippen MR) is 69.1 cm³/mol. The van der Waals surface area contributed by atoms with Gasteiger partial charge in [0, 0.05) is 12.5 Å². The second-order valence-electron chi connectivity index (χ2n) is 3.61. The second kappa shape index (κ2) is 10.4. The smallest absolute Gasteiger partial charge is 0.185 e. The van der Waals surface area contributed by atoms with Crippen molar-refractivity contribution in [3.8, 4) is 0 Å². The van der Waals surface area contributed by atoms with E-state index in [0.29, 0.717) is 13.0 Å². The van der Waals surface area contributed by atoms with Gasteiger partial charge in [-0.05, 0) is 12.8 Å². The van der Waals surface area contributed by atoms with E-state index in [-0.39, 0.29) is 23.7 Å². The van der Waals surface area contributed by atoms with Gasteiger partial charge in [-0.1, -0.05) is 27.7 Å². The van der Waals surface area contributed by atoms with Crippen LogP contribution in [0.2, 0.25) is 0 Å². The number of aliphatic imine (C=N–C) groups is 1. The maximum Gasteiger partial charge on any atom is 0.185 e. The first-order chi connectivity index (χ1) is 7.45. The molecule has 0 aliphatic heterocycles. The molecule has 0 fully saturated rings. The van der Waals surface area contributed by atoms with Crippen molar-refractivity contribution in [3.63, 3.8) is 0 Å². The summed E-state index contributed by atoms with van der Waals surface area (Å²) in [4.78, 5) is 15.2. The molecule has 0 saturated carbocycles. The van der Waals surface area contributed by atoms with Crippen molar-refractivity contribution in [1.82, 2.24) is 0 Å². The fourth-order valence-corrected chi connectivity index (χ4v) is 1.09. The molecule has 0 heterocycles. The van der Waals surface area contributed by atoms with Crippen LogP contribution in [-0.4, -0.2) is 24.3 Å². The lowest BCUT2D eigenvalue weighted by Crippen LogP contribution is -2.33. The summed E-state index contributed by atoms with van der Waals surface area (Å²) >= 11 is 0. The summed E-state index contributed by atoms with van der Waals surface area (Å²) in [5.74, 6) is 0.163. The average Bonchev–Trinajstić information content (AvgIpc) is 2.25. The van der Waals surface area contributed by atoms with Gasteiger partial charge in [0.1, 0.15) is 0 Å². The summed E-state index contributed by atoms with van der Waals surface area (Å²) in [6.07, 6.45) is 1.37. The standard InChI is InChI=1S/C9H20N4O.C2H6/c1-6(2)8(14)7(10)4-3-5-13-9(11)12;1-2/h6-7H,3-5,10H2,1-2H3,(H4,11,12,13);1-2H3. The minimum atomic E-state index is -0.385. The highest BCUT2D eigenvalue weighted by Crippen LogP contribution is 2.03. The van der Waals surface area contributed by atoms with E-state index in [0.717, 1.165) is 6.42 Å². The Kier molecular flexibility index (Phi) is 11.3. The first kappa shape index (κ1) is 17.3. The van der Waals surface area contributed by atoms with Crippen molar-refractivity contribution in [3.05, 3.63) is 0 Å². The summed E-state index contributed by atoms with van der Waals surface area (Å²) in [6.45, 7) is 8.22. The van der Waals surface area contributed by atoms with E-state index in [2.05, 4.69) is 4.99 Å². The van der Waals surface area contributed by atoms with E-state index in [1.165, 1.54) is 0 Å². The molecule has 0 radical (unpaired) electrons. The molecule has 0 aromatic carbocycles. The molecule has 16 heavy (non-hydrogen) atoms. The van der Waals surface area contributed by atoms with E-state index in [4.69, 9.17) is 17.2 Å². The van der Waals surface area contributed by atoms with Crippen LogP contribution in [0, 0.1) is 5.92 Å². The van der Waals surface area contributed by atoms with Gasteiger partial charge in [0.05, 0.1) is 6.04 Å². The zero-order valence-electron chi connectivity index (χ0n) is 10.9. The highest BCUT2D eigenvalue weighted by Gasteiger charge is 2.15. The van der Waals surface area contributed by atoms with Gasteiger partial charge in [-0.3, -0.25) is 9.79 Å². The number of Topliss-reactive ketones (excluding diaryl/α,β-unsaturated/α-hetero) is 1. The highest BCUT2D eigenvalue weighted by molar-refractivity contribution is 5.85. The van der Waals surface area contributed by atoms with Crippen molar-refractivity contribution in [2.75, 3.05) is 6.54 Å². The zero-order chi connectivity index (χ0) is 13.1. The van der Waals surface area contributed by atoms with Crippen LogP contribution >= 0.6 is 0 Å². The van der Waals surface area contributed by atoms with Crippen LogP contribution in [-0.2, 0) is 4.79 Å². The summed E-state index contributed by atoms with van der Waals surface area (Å²) in [5.41, 5.74) is 16.0. The van der Waals surface area contributed by atoms with E-state index < -0.39 is 0 Å². The van der Waals surface area contributed by atoms with E-state index in [1.807, 2.05) is 27.7 Å². The van der Waals surface area contributed by atoms with Gasteiger partial charge < -0.3 is 17.2 Å². The average molecular weight is 230 g/mol. The third-order valence-corrected chi connectivity index (χ3v) is 1.90. The molecule has 0 aliphatic carbocycles. The van der Waals surface area contributed by atoms with Crippen LogP contribution in [0.3, 0.4) is 0 Å². The Morgan fingerprint density at radius 2 is 1.75 bits per heavy atom.